The number of carbonyl (C=O) groups excluding carboxylic acids is 1. The fourth-order valence-electron chi connectivity index (χ4n) is 1.10. The van der Waals surface area contributed by atoms with Crippen molar-refractivity contribution in [2.24, 2.45) is 0 Å². The van der Waals surface area contributed by atoms with Crippen LogP contribution >= 0.6 is 0 Å². The lowest BCUT2D eigenvalue weighted by Crippen LogP contribution is -2.13. The Labute approximate surface area is 58.4 Å². The second-order valence-corrected chi connectivity index (χ2v) is 2.24. The average molecular weight is 134 g/mol. The molecule has 1 aromatic carbocycles. The first-order valence-electron chi connectivity index (χ1n) is 3.05. The molecule has 10 heavy (non-hydrogen) atoms. The number of carbonyl (C=O) groups is 1. The van der Waals surface area contributed by atoms with Gasteiger partial charge in [0.1, 0.15) is 5.75 Å². The van der Waals surface area contributed by atoms with Gasteiger partial charge in [0.05, 0.1) is 12.7 Å². The van der Waals surface area contributed by atoms with Crippen LogP contribution in [0.2, 0.25) is 0 Å². The Bertz CT molecular complexity index is 298. The van der Waals surface area contributed by atoms with Gasteiger partial charge in [0.2, 0.25) is 0 Å². The van der Waals surface area contributed by atoms with Crippen molar-refractivity contribution in [3.63, 3.8) is 0 Å². The van der Waals surface area contributed by atoms with Gasteiger partial charge in [0.25, 0.3) is 0 Å². The molecule has 0 atom stereocenters. The highest BCUT2D eigenvalue weighted by atomic mass is 16.5. The van der Waals surface area contributed by atoms with Gasteiger partial charge in [-0.15, -0.1) is 0 Å². The molecule has 50 valence electrons. The summed E-state index contributed by atoms with van der Waals surface area (Å²) in [5.74, 6) is 0.791. The molecule has 0 spiro atoms. The highest BCUT2D eigenvalue weighted by Crippen LogP contribution is 2.30. The standard InChI is InChI=1S/C8H6O2/c1-10-7-3-2-5-4-6(7)8(5)9/h2-4H,1H3. The van der Waals surface area contributed by atoms with Gasteiger partial charge in [-0.05, 0) is 18.2 Å². The average Bonchev–Trinajstić information content (AvgIpc) is 2.03. The fourth-order valence-corrected chi connectivity index (χ4v) is 1.10. The largest absolute Gasteiger partial charge is 0.496 e. The predicted octanol–water partition coefficient (Wildman–Crippen LogP) is 1.24. The molecular weight excluding hydrogens is 128 g/mol. The smallest absolute Gasteiger partial charge is 0.196 e. The van der Waals surface area contributed by atoms with Crippen LogP contribution in [0.3, 0.4) is 0 Å². The van der Waals surface area contributed by atoms with Crippen LogP contribution in [0.4, 0.5) is 0 Å². The molecule has 0 aromatic heterocycles. The molecule has 0 fully saturated rings. The van der Waals surface area contributed by atoms with Gasteiger partial charge in [0, 0.05) is 5.56 Å². The molecule has 0 saturated heterocycles. The number of ketones is 1. The van der Waals surface area contributed by atoms with E-state index in [-0.39, 0.29) is 5.78 Å². The van der Waals surface area contributed by atoms with E-state index in [4.69, 9.17) is 4.74 Å². The summed E-state index contributed by atoms with van der Waals surface area (Å²) in [5.41, 5.74) is 1.50. The summed E-state index contributed by atoms with van der Waals surface area (Å²) in [6.45, 7) is 0. The van der Waals surface area contributed by atoms with E-state index in [0.717, 1.165) is 5.56 Å². The lowest BCUT2D eigenvalue weighted by Gasteiger charge is -2.15. The molecule has 0 radical (unpaired) electrons. The summed E-state index contributed by atoms with van der Waals surface area (Å²) in [5, 5.41) is 0. The molecule has 0 heterocycles. The van der Waals surface area contributed by atoms with Gasteiger partial charge in [-0.25, -0.2) is 0 Å². The Balaban J connectivity index is 2.60. The van der Waals surface area contributed by atoms with Gasteiger partial charge in [0.15, 0.2) is 5.78 Å². The van der Waals surface area contributed by atoms with E-state index >= 15 is 0 Å². The van der Waals surface area contributed by atoms with Crippen molar-refractivity contribution in [3.05, 3.63) is 29.3 Å². The van der Waals surface area contributed by atoms with Crippen molar-refractivity contribution in [2.45, 2.75) is 0 Å². The monoisotopic (exact) mass is 134 g/mol. The minimum absolute atomic E-state index is 0.111. The molecule has 0 unspecified atom stereocenters. The first-order valence-corrected chi connectivity index (χ1v) is 3.05. The number of fused-ring (bicyclic) bond motifs is 2. The van der Waals surface area contributed by atoms with Crippen LogP contribution in [0.15, 0.2) is 18.2 Å². The molecule has 2 heteroatoms. The van der Waals surface area contributed by atoms with Crippen LogP contribution in [0.25, 0.3) is 0 Å². The third-order valence-electron chi connectivity index (χ3n) is 1.71. The van der Waals surface area contributed by atoms with Crippen molar-refractivity contribution >= 4 is 5.78 Å². The van der Waals surface area contributed by atoms with E-state index in [0.29, 0.717) is 11.3 Å². The van der Waals surface area contributed by atoms with E-state index in [1.165, 1.54) is 0 Å². The van der Waals surface area contributed by atoms with Gasteiger partial charge < -0.3 is 4.74 Å². The van der Waals surface area contributed by atoms with E-state index in [9.17, 15) is 4.79 Å². The maximum absolute atomic E-state index is 11.0. The van der Waals surface area contributed by atoms with Gasteiger partial charge in [-0.1, -0.05) is 0 Å². The lowest BCUT2D eigenvalue weighted by molar-refractivity contribution is 0.102. The molecule has 3 rings (SSSR count). The Hall–Kier alpha value is -1.31. The zero-order valence-electron chi connectivity index (χ0n) is 5.55. The van der Waals surface area contributed by atoms with Crippen molar-refractivity contribution in [1.82, 2.24) is 0 Å². The van der Waals surface area contributed by atoms with Crippen LogP contribution in [-0.4, -0.2) is 12.9 Å². The maximum Gasteiger partial charge on any atom is 0.196 e. The third-order valence-corrected chi connectivity index (χ3v) is 1.71. The summed E-state index contributed by atoms with van der Waals surface area (Å²) < 4.78 is 4.94. The molecule has 2 aliphatic rings. The Morgan fingerprint density at radius 1 is 1.40 bits per heavy atom. The first-order chi connectivity index (χ1) is 4.83. The van der Waals surface area contributed by atoms with E-state index in [2.05, 4.69) is 0 Å². The zero-order chi connectivity index (χ0) is 7.14. The summed E-state index contributed by atoms with van der Waals surface area (Å²) >= 11 is 0. The van der Waals surface area contributed by atoms with Crippen molar-refractivity contribution in [2.75, 3.05) is 7.11 Å². The van der Waals surface area contributed by atoms with E-state index in [1.807, 2.05) is 12.1 Å². The first kappa shape index (κ1) is 5.47. The fraction of sp³-hybridized carbons (Fsp3) is 0.125. The SMILES string of the molecule is COc1ccc2cc1C2=O. The van der Waals surface area contributed by atoms with Crippen LogP contribution < -0.4 is 4.74 Å². The number of hydrogen-bond acceptors (Lipinski definition) is 2. The highest BCUT2D eigenvalue weighted by Gasteiger charge is 2.23. The van der Waals surface area contributed by atoms with Gasteiger partial charge in [-0.2, -0.15) is 0 Å². The minimum atomic E-state index is 0.111. The normalized spacial score (nSPS) is 12.7. The Kier molecular flexibility index (Phi) is 0.873. The summed E-state index contributed by atoms with van der Waals surface area (Å²) in [6.07, 6.45) is 0. The molecule has 2 aliphatic carbocycles. The quantitative estimate of drug-likeness (QED) is 0.586. The van der Waals surface area contributed by atoms with Gasteiger partial charge in [-0.3, -0.25) is 4.79 Å². The molecule has 2 bridgehead atoms. The zero-order valence-corrected chi connectivity index (χ0v) is 5.55. The van der Waals surface area contributed by atoms with Crippen LogP contribution in [0, 0.1) is 0 Å². The predicted molar refractivity (Wildman–Crippen MR) is 36.4 cm³/mol. The molecule has 0 saturated carbocycles. The van der Waals surface area contributed by atoms with Crippen LogP contribution in [-0.2, 0) is 0 Å². The minimum Gasteiger partial charge on any atom is -0.496 e. The highest BCUT2D eigenvalue weighted by molar-refractivity contribution is 6.18. The second kappa shape index (κ2) is 1.59. The topological polar surface area (TPSA) is 26.3 Å². The Morgan fingerprint density at radius 2 is 2.20 bits per heavy atom. The molecule has 0 amide bonds. The molecule has 1 aromatic rings. The number of benzene rings is 1. The van der Waals surface area contributed by atoms with E-state index in [1.54, 1.807) is 13.2 Å². The van der Waals surface area contributed by atoms with Gasteiger partial charge >= 0.3 is 0 Å². The van der Waals surface area contributed by atoms with Crippen molar-refractivity contribution < 1.29 is 9.53 Å². The molecular formula is C8H6O2. The van der Waals surface area contributed by atoms with Crippen LogP contribution in [0.1, 0.15) is 15.9 Å². The van der Waals surface area contributed by atoms with Crippen molar-refractivity contribution in [3.8, 4) is 5.75 Å². The number of methoxy groups -OCH3 is 1. The lowest BCUT2D eigenvalue weighted by atomic mass is 9.91. The van der Waals surface area contributed by atoms with E-state index < -0.39 is 0 Å². The number of hydrogen-bond donors (Lipinski definition) is 0. The molecule has 2 nitrogen and oxygen atoms in total. The second-order valence-electron chi connectivity index (χ2n) is 2.24. The summed E-state index contributed by atoms with van der Waals surface area (Å²) in [7, 11) is 1.57. The third kappa shape index (κ3) is 0.460. The van der Waals surface area contributed by atoms with Crippen molar-refractivity contribution in [1.29, 1.82) is 0 Å². The van der Waals surface area contributed by atoms with Crippen LogP contribution in [0.5, 0.6) is 5.75 Å². The number of ether oxygens (including phenoxy) is 1. The maximum atomic E-state index is 11.0. The molecule has 0 N–H and O–H groups in total. The molecule has 0 aliphatic heterocycles. The number of rotatable bonds is 1. The Morgan fingerprint density at radius 3 is 2.60 bits per heavy atom. The summed E-state index contributed by atoms with van der Waals surface area (Å²) in [4.78, 5) is 11.0. The summed E-state index contributed by atoms with van der Waals surface area (Å²) in [6, 6.07) is 5.42.